The minimum absolute atomic E-state index is 0.601. The summed E-state index contributed by atoms with van der Waals surface area (Å²) >= 11 is 0. The van der Waals surface area contributed by atoms with Gasteiger partial charge >= 0.3 is 0 Å². The van der Waals surface area contributed by atoms with Crippen LogP contribution in [0, 0.1) is 12.8 Å². The number of nitrogens with zero attached hydrogens (tertiary/aromatic N) is 5. The smallest absolute Gasteiger partial charge is 0.233 e. The van der Waals surface area contributed by atoms with Gasteiger partial charge < -0.3 is 19.9 Å². The predicted molar refractivity (Wildman–Crippen MR) is 108 cm³/mol. The highest BCUT2D eigenvalue weighted by Crippen LogP contribution is 2.24. The number of nitrogens with one attached hydrogen (secondary N) is 1. The van der Waals surface area contributed by atoms with Crippen LogP contribution in [0.1, 0.15) is 25.3 Å². The highest BCUT2D eigenvalue weighted by atomic mass is 16.5. The number of hydrogen-bond donors (Lipinski definition) is 1. The molecule has 0 aliphatic carbocycles. The number of aromatic nitrogens is 3. The van der Waals surface area contributed by atoms with Crippen molar-refractivity contribution >= 4 is 23.5 Å². The molecule has 0 amide bonds. The van der Waals surface area contributed by atoms with Crippen LogP contribution in [0.25, 0.3) is 0 Å². The maximum Gasteiger partial charge on any atom is 0.233 e. The van der Waals surface area contributed by atoms with Gasteiger partial charge in [0, 0.05) is 31.9 Å². The first-order valence-corrected chi connectivity index (χ1v) is 9.85. The Morgan fingerprint density at radius 3 is 2.11 bits per heavy atom. The van der Waals surface area contributed by atoms with Crippen molar-refractivity contribution in [3.8, 4) is 0 Å². The number of piperidine rings is 1. The van der Waals surface area contributed by atoms with Gasteiger partial charge in [0.15, 0.2) is 0 Å². The van der Waals surface area contributed by atoms with E-state index in [1.165, 1.54) is 18.4 Å². The van der Waals surface area contributed by atoms with Crippen molar-refractivity contribution in [2.75, 3.05) is 54.5 Å². The van der Waals surface area contributed by atoms with E-state index in [2.05, 4.69) is 53.2 Å². The maximum atomic E-state index is 5.48. The minimum atomic E-state index is 0.601. The van der Waals surface area contributed by atoms with Crippen molar-refractivity contribution in [3.05, 3.63) is 29.8 Å². The van der Waals surface area contributed by atoms with E-state index in [0.29, 0.717) is 19.2 Å². The molecule has 0 saturated carbocycles. The Morgan fingerprint density at radius 1 is 0.889 bits per heavy atom. The molecular weight excluding hydrogens is 340 g/mol. The third-order valence-electron chi connectivity index (χ3n) is 5.28. The quantitative estimate of drug-likeness (QED) is 0.890. The second-order valence-electron chi connectivity index (χ2n) is 7.52. The molecule has 0 spiro atoms. The summed E-state index contributed by atoms with van der Waals surface area (Å²) in [5.74, 6) is 2.88. The first-order valence-electron chi connectivity index (χ1n) is 9.85. The minimum Gasteiger partial charge on any atom is -0.378 e. The summed E-state index contributed by atoms with van der Waals surface area (Å²) in [6.45, 7) is 9.43. The Kier molecular flexibility index (Phi) is 5.38. The van der Waals surface area contributed by atoms with Gasteiger partial charge in [-0.3, -0.25) is 0 Å². The fraction of sp³-hybridized carbons (Fsp3) is 0.550. The van der Waals surface area contributed by atoms with Crippen molar-refractivity contribution in [1.29, 1.82) is 0 Å². The molecule has 0 unspecified atom stereocenters. The van der Waals surface area contributed by atoms with Crippen molar-refractivity contribution in [3.63, 3.8) is 0 Å². The molecule has 0 radical (unpaired) electrons. The topological polar surface area (TPSA) is 66.4 Å². The summed E-state index contributed by atoms with van der Waals surface area (Å²) in [5, 5.41) is 3.35. The molecule has 2 aliphatic rings. The lowest BCUT2D eigenvalue weighted by Crippen LogP contribution is -2.39. The fourth-order valence-electron chi connectivity index (χ4n) is 3.43. The van der Waals surface area contributed by atoms with E-state index in [-0.39, 0.29) is 0 Å². The predicted octanol–water partition coefficient (Wildman–Crippen LogP) is 3.00. The van der Waals surface area contributed by atoms with E-state index in [4.69, 9.17) is 19.7 Å². The van der Waals surface area contributed by atoms with Crippen molar-refractivity contribution in [1.82, 2.24) is 15.0 Å². The normalized spacial score (nSPS) is 18.6. The average molecular weight is 368 g/mol. The van der Waals surface area contributed by atoms with E-state index >= 15 is 0 Å². The van der Waals surface area contributed by atoms with E-state index in [1.54, 1.807) is 0 Å². The Bertz CT molecular complexity index is 752. The fourth-order valence-corrected chi connectivity index (χ4v) is 3.43. The highest BCUT2D eigenvalue weighted by Gasteiger charge is 2.22. The third-order valence-corrected chi connectivity index (χ3v) is 5.28. The lowest BCUT2D eigenvalue weighted by Gasteiger charge is -2.32. The lowest BCUT2D eigenvalue weighted by atomic mass is 10.00. The molecule has 144 valence electrons. The summed E-state index contributed by atoms with van der Waals surface area (Å²) in [5.41, 5.74) is 2.21. The molecule has 27 heavy (non-hydrogen) atoms. The molecule has 1 aromatic heterocycles. The molecule has 2 aromatic rings. The molecule has 7 nitrogen and oxygen atoms in total. The van der Waals surface area contributed by atoms with Gasteiger partial charge in [-0.1, -0.05) is 24.6 Å². The second kappa shape index (κ2) is 8.08. The molecule has 4 rings (SSSR count). The number of ether oxygens (including phenoxy) is 1. The van der Waals surface area contributed by atoms with Crippen molar-refractivity contribution < 1.29 is 4.74 Å². The van der Waals surface area contributed by atoms with Gasteiger partial charge in [0.25, 0.3) is 0 Å². The molecule has 3 heterocycles. The second-order valence-corrected chi connectivity index (χ2v) is 7.52. The molecule has 2 saturated heterocycles. The summed E-state index contributed by atoms with van der Waals surface area (Å²) in [6, 6.07) is 8.27. The molecular formula is C20H28N6O. The molecule has 0 atom stereocenters. The standard InChI is InChI=1S/C20H28N6O/c1-15-3-5-17(6-4-15)21-18-22-19(25-9-7-16(2)8-10-25)24-20(23-18)26-11-13-27-14-12-26/h3-6,16H,7-14H2,1-2H3,(H,21,22,23,24). The van der Waals surface area contributed by atoms with Crippen LogP contribution in [-0.2, 0) is 4.74 Å². The molecule has 0 bridgehead atoms. The summed E-state index contributed by atoms with van der Waals surface area (Å²) in [6.07, 6.45) is 2.36. The molecule has 1 aromatic carbocycles. The highest BCUT2D eigenvalue weighted by molar-refractivity contribution is 5.56. The van der Waals surface area contributed by atoms with Gasteiger partial charge in [0.1, 0.15) is 0 Å². The zero-order valence-electron chi connectivity index (χ0n) is 16.2. The van der Waals surface area contributed by atoms with E-state index in [1.807, 2.05) is 0 Å². The van der Waals surface area contributed by atoms with Gasteiger partial charge in [-0.2, -0.15) is 15.0 Å². The van der Waals surface area contributed by atoms with Gasteiger partial charge in [-0.25, -0.2) is 0 Å². The molecule has 7 heteroatoms. The summed E-state index contributed by atoms with van der Waals surface area (Å²) in [4.78, 5) is 18.7. The van der Waals surface area contributed by atoms with Crippen LogP contribution in [0.4, 0.5) is 23.5 Å². The van der Waals surface area contributed by atoms with Crippen LogP contribution < -0.4 is 15.1 Å². The average Bonchev–Trinajstić information content (AvgIpc) is 2.71. The Hall–Kier alpha value is -2.41. The van der Waals surface area contributed by atoms with Crippen LogP contribution in [0.3, 0.4) is 0 Å². The third kappa shape index (κ3) is 4.47. The van der Waals surface area contributed by atoms with Crippen LogP contribution in [0.2, 0.25) is 0 Å². The SMILES string of the molecule is Cc1ccc(Nc2nc(N3CCOCC3)nc(N3CCC(C)CC3)n2)cc1. The van der Waals surface area contributed by atoms with Crippen molar-refractivity contribution in [2.45, 2.75) is 26.7 Å². The van der Waals surface area contributed by atoms with E-state index < -0.39 is 0 Å². The van der Waals surface area contributed by atoms with Crippen LogP contribution in [0.15, 0.2) is 24.3 Å². The number of anilines is 4. The molecule has 2 fully saturated rings. The summed E-state index contributed by atoms with van der Waals surface area (Å²) < 4.78 is 5.48. The van der Waals surface area contributed by atoms with Gasteiger partial charge in [0.2, 0.25) is 17.8 Å². The van der Waals surface area contributed by atoms with Crippen molar-refractivity contribution in [2.24, 2.45) is 5.92 Å². The Labute approximate surface area is 160 Å². The van der Waals surface area contributed by atoms with E-state index in [0.717, 1.165) is 49.7 Å². The first-order chi connectivity index (χ1) is 13.2. The molecule has 1 N–H and O–H groups in total. The van der Waals surface area contributed by atoms with Gasteiger partial charge in [0.05, 0.1) is 13.2 Å². The Balaban J connectivity index is 1.62. The Morgan fingerprint density at radius 2 is 1.48 bits per heavy atom. The largest absolute Gasteiger partial charge is 0.378 e. The van der Waals surface area contributed by atoms with Gasteiger partial charge in [-0.05, 0) is 37.8 Å². The van der Waals surface area contributed by atoms with E-state index in [9.17, 15) is 0 Å². The van der Waals surface area contributed by atoms with Crippen LogP contribution >= 0.6 is 0 Å². The number of hydrogen-bond acceptors (Lipinski definition) is 7. The number of morpholine rings is 1. The van der Waals surface area contributed by atoms with Crippen LogP contribution in [-0.4, -0.2) is 54.3 Å². The zero-order valence-corrected chi connectivity index (χ0v) is 16.2. The molecule has 2 aliphatic heterocycles. The lowest BCUT2D eigenvalue weighted by molar-refractivity contribution is 0.122. The van der Waals surface area contributed by atoms with Gasteiger partial charge in [-0.15, -0.1) is 0 Å². The number of rotatable bonds is 4. The first kappa shape index (κ1) is 18.0. The maximum absolute atomic E-state index is 5.48. The summed E-state index contributed by atoms with van der Waals surface area (Å²) in [7, 11) is 0. The zero-order chi connectivity index (χ0) is 18.6. The number of aryl methyl sites for hydroxylation is 1. The monoisotopic (exact) mass is 368 g/mol. The van der Waals surface area contributed by atoms with Crippen LogP contribution in [0.5, 0.6) is 0 Å². The number of benzene rings is 1.